The maximum Gasteiger partial charge on any atom is 0.0110 e. The van der Waals surface area contributed by atoms with Crippen LogP contribution in [0.4, 0.5) is 0 Å². The Bertz CT molecular complexity index is 272. The van der Waals surface area contributed by atoms with Crippen LogP contribution in [-0.4, -0.2) is 49.6 Å². The zero-order valence-corrected chi connectivity index (χ0v) is 10.7. The number of piperazine rings is 1. The fourth-order valence-electron chi connectivity index (χ4n) is 2.52. The van der Waals surface area contributed by atoms with Gasteiger partial charge in [0.2, 0.25) is 0 Å². The first-order valence-corrected chi connectivity index (χ1v) is 6.53. The van der Waals surface area contributed by atoms with Crippen LogP contribution in [0.5, 0.6) is 0 Å². The molecule has 1 fully saturated rings. The van der Waals surface area contributed by atoms with Crippen LogP contribution in [0.2, 0.25) is 0 Å². The topological polar surface area (TPSA) is 6.48 Å². The van der Waals surface area contributed by atoms with Gasteiger partial charge in [0.05, 0.1) is 0 Å². The third-order valence-corrected chi connectivity index (χ3v) is 3.72. The first-order chi connectivity index (χ1) is 7.75. The summed E-state index contributed by atoms with van der Waals surface area (Å²) in [5, 5.41) is 0. The summed E-state index contributed by atoms with van der Waals surface area (Å²) in [6.45, 7) is 8.50. The molecule has 0 saturated carbocycles. The maximum atomic E-state index is 2.61. The summed E-state index contributed by atoms with van der Waals surface area (Å²) in [6.07, 6.45) is 9.52. The van der Waals surface area contributed by atoms with Gasteiger partial charge in [0, 0.05) is 32.7 Å². The van der Waals surface area contributed by atoms with Gasteiger partial charge in [-0.05, 0) is 31.4 Å². The number of hydrogen-bond donors (Lipinski definition) is 0. The Balaban J connectivity index is 1.80. The van der Waals surface area contributed by atoms with Crippen LogP contribution < -0.4 is 0 Å². The molecule has 0 N–H and O–H groups in total. The van der Waals surface area contributed by atoms with E-state index < -0.39 is 0 Å². The van der Waals surface area contributed by atoms with Gasteiger partial charge in [0.15, 0.2) is 0 Å². The standard InChI is InChI=1S/C14H24N2/c1-13(14-6-4-3-5-7-14)12-16-10-8-15(2)9-11-16/h4,6-7,13H,3,5,8-12H2,1-2H3. The minimum Gasteiger partial charge on any atom is -0.304 e. The van der Waals surface area contributed by atoms with E-state index in [-0.39, 0.29) is 0 Å². The highest BCUT2D eigenvalue weighted by molar-refractivity contribution is 5.24. The molecule has 0 spiro atoms. The van der Waals surface area contributed by atoms with E-state index in [4.69, 9.17) is 0 Å². The van der Waals surface area contributed by atoms with Crippen LogP contribution in [0.3, 0.4) is 0 Å². The predicted molar refractivity (Wildman–Crippen MR) is 69.6 cm³/mol. The van der Waals surface area contributed by atoms with Crippen molar-refractivity contribution in [3.8, 4) is 0 Å². The number of likely N-dealkylation sites (N-methyl/N-ethyl adjacent to an activating group) is 1. The smallest absolute Gasteiger partial charge is 0.0110 e. The lowest BCUT2D eigenvalue weighted by atomic mass is 9.95. The Morgan fingerprint density at radius 3 is 2.56 bits per heavy atom. The second kappa shape index (κ2) is 5.65. The number of allylic oxidation sites excluding steroid dienone is 3. The lowest BCUT2D eigenvalue weighted by molar-refractivity contribution is 0.144. The van der Waals surface area contributed by atoms with Gasteiger partial charge in [-0.25, -0.2) is 0 Å². The van der Waals surface area contributed by atoms with Gasteiger partial charge in [-0.2, -0.15) is 0 Å². The van der Waals surface area contributed by atoms with E-state index in [0.29, 0.717) is 5.92 Å². The van der Waals surface area contributed by atoms with Gasteiger partial charge in [-0.1, -0.05) is 25.2 Å². The Labute approximate surface area is 99.6 Å². The Morgan fingerprint density at radius 1 is 1.19 bits per heavy atom. The van der Waals surface area contributed by atoms with Crippen LogP contribution in [0.15, 0.2) is 23.8 Å². The molecule has 2 aliphatic rings. The van der Waals surface area contributed by atoms with E-state index in [1.165, 1.54) is 45.6 Å². The molecule has 0 aromatic heterocycles. The Kier molecular flexibility index (Phi) is 4.19. The van der Waals surface area contributed by atoms with Gasteiger partial charge in [-0.15, -0.1) is 0 Å². The highest BCUT2D eigenvalue weighted by Crippen LogP contribution is 2.19. The molecule has 1 heterocycles. The summed E-state index contributed by atoms with van der Waals surface area (Å²) < 4.78 is 0. The average Bonchev–Trinajstić information content (AvgIpc) is 2.33. The molecule has 0 aromatic rings. The quantitative estimate of drug-likeness (QED) is 0.719. The monoisotopic (exact) mass is 220 g/mol. The number of rotatable bonds is 3. The van der Waals surface area contributed by atoms with E-state index >= 15 is 0 Å². The molecule has 2 rings (SSSR count). The Morgan fingerprint density at radius 2 is 1.94 bits per heavy atom. The first-order valence-electron chi connectivity index (χ1n) is 6.53. The molecule has 0 aromatic carbocycles. The van der Waals surface area contributed by atoms with Gasteiger partial charge >= 0.3 is 0 Å². The minimum absolute atomic E-state index is 0.694. The maximum absolute atomic E-state index is 2.61. The van der Waals surface area contributed by atoms with E-state index in [1.807, 2.05) is 0 Å². The molecule has 0 radical (unpaired) electrons. The summed E-state index contributed by atoms with van der Waals surface area (Å²) in [7, 11) is 2.22. The van der Waals surface area contributed by atoms with Gasteiger partial charge in [0.1, 0.15) is 0 Å². The van der Waals surface area contributed by atoms with Crippen molar-refractivity contribution < 1.29 is 0 Å². The molecule has 2 nitrogen and oxygen atoms in total. The molecule has 16 heavy (non-hydrogen) atoms. The average molecular weight is 220 g/mol. The van der Waals surface area contributed by atoms with Gasteiger partial charge in [0.25, 0.3) is 0 Å². The van der Waals surface area contributed by atoms with Crippen molar-refractivity contribution in [2.45, 2.75) is 19.8 Å². The predicted octanol–water partition coefficient (Wildman–Crippen LogP) is 2.15. The molecule has 1 aliphatic heterocycles. The molecule has 1 saturated heterocycles. The van der Waals surface area contributed by atoms with Crippen molar-refractivity contribution in [3.63, 3.8) is 0 Å². The van der Waals surface area contributed by atoms with Crippen LogP contribution in [0.25, 0.3) is 0 Å². The Hall–Kier alpha value is -0.600. The van der Waals surface area contributed by atoms with Crippen molar-refractivity contribution in [1.29, 1.82) is 0 Å². The number of hydrogen-bond acceptors (Lipinski definition) is 2. The van der Waals surface area contributed by atoms with Crippen molar-refractivity contribution in [2.24, 2.45) is 5.92 Å². The molecular formula is C14H24N2. The normalized spacial score (nSPS) is 25.5. The highest BCUT2D eigenvalue weighted by Gasteiger charge is 2.17. The first kappa shape index (κ1) is 11.9. The molecule has 1 aliphatic carbocycles. The van der Waals surface area contributed by atoms with E-state index in [0.717, 1.165) is 0 Å². The molecule has 1 atom stereocenters. The fourth-order valence-corrected chi connectivity index (χ4v) is 2.52. The zero-order chi connectivity index (χ0) is 11.4. The summed E-state index contributed by atoms with van der Waals surface area (Å²) >= 11 is 0. The second-order valence-corrected chi connectivity index (χ2v) is 5.19. The third-order valence-electron chi connectivity index (χ3n) is 3.72. The second-order valence-electron chi connectivity index (χ2n) is 5.19. The molecule has 2 heteroatoms. The molecule has 0 amide bonds. The van der Waals surface area contributed by atoms with E-state index in [1.54, 1.807) is 5.57 Å². The fraction of sp³-hybridized carbons (Fsp3) is 0.714. The highest BCUT2D eigenvalue weighted by atomic mass is 15.2. The third kappa shape index (κ3) is 3.19. The number of nitrogens with zero attached hydrogens (tertiary/aromatic N) is 2. The van der Waals surface area contributed by atoms with Crippen LogP contribution in [0.1, 0.15) is 19.8 Å². The van der Waals surface area contributed by atoms with Gasteiger partial charge in [-0.3, -0.25) is 0 Å². The van der Waals surface area contributed by atoms with Crippen LogP contribution in [0, 0.1) is 5.92 Å². The summed E-state index contributed by atoms with van der Waals surface area (Å²) in [4.78, 5) is 5.02. The van der Waals surface area contributed by atoms with Crippen molar-refractivity contribution in [1.82, 2.24) is 9.80 Å². The van der Waals surface area contributed by atoms with Crippen molar-refractivity contribution >= 4 is 0 Å². The van der Waals surface area contributed by atoms with Crippen LogP contribution >= 0.6 is 0 Å². The van der Waals surface area contributed by atoms with E-state index in [2.05, 4.69) is 42.0 Å². The van der Waals surface area contributed by atoms with Crippen molar-refractivity contribution in [3.05, 3.63) is 23.8 Å². The SMILES string of the molecule is CC(CN1CCN(C)CC1)C1=CCCC=C1. The van der Waals surface area contributed by atoms with Gasteiger partial charge < -0.3 is 9.80 Å². The van der Waals surface area contributed by atoms with Crippen LogP contribution in [-0.2, 0) is 0 Å². The lowest BCUT2D eigenvalue weighted by Gasteiger charge is -2.34. The summed E-state index contributed by atoms with van der Waals surface area (Å²) in [5.41, 5.74) is 1.55. The molecule has 90 valence electrons. The van der Waals surface area contributed by atoms with E-state index in [9.17, 15) is 0 Å². The lowest BCUT2D eigenvalue weighted by Crippen LogP contribution is -2.45. The summed E-state index contributed by atoms with van der Waals surface area (Å²) in [5.74, 6) is 0.694. The minimum atomic E-state index is 0.694. The largest absolute Gasteiger partial charge is 0.304 e. The summed E-state index contributed by atoms with van der Waals surface area (Å²) in [6, 6.07) is 0. The molecular weight excluding hydrogens is 196 g/mol. The molecule has 0 bridgehead atoms. The molecule has 1 unspecified atom stereocenters. The zero-order valence-electron chi connectivity index (χ0n) is 10.7. The van der Waals surface area contributed by atoms with Crippen molar-refractivity contribution in [2.75, 3.05) is 39.8 Å².